The van der Waals surface area contributed by atoms with E-state index in [0.717, 1.165) is 29.9 Å². The van der Waals surface area contributed by atoms with Crippen molar-refractivity contribution in [2.75, 3.05) is 18.0 Å². The maximum Gasteiger partial charge on any atom is 0.335 e. The zero-order valence-corrected chi connectivity index (χ0v) is 12.9. The second-order valence-electron chi connectivity index (χ2n) is 5.95. The lowest BCUT2D eigenvalue weighted by Gasteiger charge is -2.31. The van der Waals surface area contributed by atoms with Crippen LogP contribution >= 0.6 is 0 Å². The number of aromatic carboxylic acids is 1. The first kappa shape index (κ1) is 14.6. The first-order valence-corrected chi connectivity index (χ1v) is 7.84. The summed E-state index contributed by atoms with van der Waals surface area (Å²) in [5.74, 6) is -0.867. The number of hydrogen-bond acceptors (Lipinski definition) is 2. The number of carboxylic acids is 1. The molecular weight excluding hydrogens is 274 g/mol. The van der Waals surface area contributed by atoms with Crippen molar-refractivity contribution in [2.24, 2.45) is 0 Å². The Labute approximate surface area is 131 Å². The summed E-state index contributed by atoms with van der Waals surface area (Å²) in [6.07, 6.45) is 3.60. The normalized spacial score (nSPS) is 14.9. The van der Waals surface area contributed by atoms with Gasteiger partial charge in [0, 0.05) is 24.3 Å². The average molecular weight is 295 g/mol. The van der Waals surface area contributed by atoms with Gasteiger partial charge in [-0.25, -0.2) is 4.79 Å². The number of anilines is 1. The van der Waals surface area contributed by atoms with Crippen LogP contribution in [0.3, 0.4) is 0 Å². The van der Waals surface area contributed by atoms with Gasteiger partial charge in [-0.1, -0.05) is 35.9 Å². The highest BCUT2D eigenvalue weighted by molar-refractivity contribution is 5.92. The highest BCUT2D eigenvalue weighted by Crippen LogP contribution is 2.33. The third kappa shape index (κ3) is 2.98. The summed E-state index contributed by atoms with van der Waals surface area (Å²) in [4.78, 5) is 13.6. The molecule has 114 valence electrons. The predicted octanol–water partition coefficient (Wildman–Crippen LogP) is 4.35. The molecule has 1 fully saturated rings. The predicted molar refractivity (Wildman–Crippen MR) is 89.6 cm³/mol. The Morgan fingerprint density at radius 1 is 1.00 bits per heavy atom. The zero-order valence-electron chi connectivity index (χ0n) is 12.9. The Morgan fingerprint density at radius 3 is 2.32 bits per heavy atom. The van der Waals surface area contributed by atoms with Crippen molar-refractivity contribution in [1.82, 2.24) is 0 Å². The molecule has 0 spiro atoms. The molecular formula is C19H21NO2. The minimum Gasteiger partial charge on any atom is -0.478 e. The van der Waals surface area contributed by atoms with E-state index in [4.69, 9.17) is 0 Å². The van der Waals surface area contributed by atoms with Gasteiger partial charge >= 0.3 is 5.97 Å². The first-order valence-electron chi connectivity index (χ1n) is 7.84. The maximum atomic E-state index is 11.3. The molecule has 3 nitrogen and oxygen atoms in total. The number of carboxylic acid groups (broad SMARTS) is 1. The molecule has 0 atom stereocenters. The molecule has 1 heterocycles. The maximum absolute atomic E-state index is 11.3. The minimum absolute atomic E-state index is 0.358. The van der Waals surface area contributed by atoms with Crippen LogP contribution in [0.4, 0.5) is 5.69 Å². The van der Waals surface area contributed by atoms with E-state index in [1.54, 1.807) is 6.07 Å². The highest BCUT2D eigenvalue weighted by Gasteiger charge is 2.17. The molecule has 22 heavy (non-hydrogen) atoms. The number of piperidine rings is 1. The molecule has 1 saturated heterocycles. The Bertz CT molecular complexity index is 670. The fraction of sp³-hybridized carbons (Fsp3) is 0.316. The molecule has 3 heteroatoms. The van der Waals surface area contributed by atoms with Crippen LogP contribution in [-0.4, -0.2) is 24.2 Å². The summed E-state index contributed by atoms with van der Waals surface area (Å²) >= 11 is 0. The van der Waals surface area contributed by atoms with E-state index in [9.17, 15) is 9.90 Å². The van der Waals surface area contributed by atoms with Gasteiger partial charge in [0.2, 0.25) is 0 Å². The minimum atomic E-state index is -0.867. The largest absolute Gasteiger partial charge is 0.478 e. The second kappa shape index (κ2) is 6.22. The molecule has 3 rings (SSSR count). The van der Waals surface area contributed by atoms with E-state index in [1.165, 1.54) is 24.8 Å². The SMILES string of the molecule is Cc1ccc(-c2ccc(C(=O)O)cc2N2CCCCC2)cc1. The Morgan fingerprint density at radius 2 is 1.68 bits per heavy atom. The molecule has 0 aromatic heterocycles. The molecule has 1 aliphatic heterocycles. The second-order valence-corrected chi connectivity index (χ2v) is 5.95. The number of rotatable bonds is 3. The average Bonchev–Trinajstić information content (AvgIpc) is 2.56. The van der Waals surface area contributed by atoms with Gasteiger partial charge in [-0.3, -0.25) is 0 Å². The molecule has 1 aliphatic rings. The Hall–Kier alpha value is -2.29. The molecule has 0 aliphatic carbocycles. The fourth-order valence-corrected chi connectivity index (χ4v) is 3.04. The van der Waals surface area contributed by atoms with E-state index in [0.29, 0.717) is 5.56 Å². The molecule has 0 unspecified atom stereocenters. The third-order valence-electron chi connectivity index (χ3n) is 4.30. The molecule has 0 saturated carbocycles. The van der Waals surface area contributed by atoms with Gasteiger partial charge in [-0.15, -0.1) is 0 Å². The molecule has 1 N–H and O–H groups in total. The van der Waals surface area contributed by atoms with Gasteiger partial charge in [0.1, 0.15) is 0 Å². The van der Waals surface area contributed by atoms with Gasteiger partial charge in [0.15, 0.2) is 0 Å². The summed E-state index contributed by atoms with van der Waals surface area (Å²) in [7, 11) is 0. The molecule has 0 radical (unpaired) electrons. The number of carbonyl (C=O) groups is 1. The van der Waals surface area contributed by atoms with Crippen molar-refractivity contribution < 1.29 is 9.90 Å². The van der Waals surface area contributed by atoms with Crippen molar-refractivity contribution in [1.29, 1.82) is 0 Å². The summed E-state index contributed by atoms with van der Waals surface area (Å²) in [6.45, 7) is 4.08. The zero-order chi connectivity index (χ0) is 15.5. The summed E-state index contributed by atoms with van der Waals surface area (Å²) in [6, 6.07) is 13.9. The van der Waals surface area contributed by atoms with Gasteiger partial charge in [0.25, 0.3) is 0 Å². The van der Waals surface area contributed by atoms with Gasteiger partial charge in [-0.05, 0) is 43.9 Å². The standard InChI is InChI=1S/C19H21NO2/c1-14-5-7-15(8-6-14)17-10-9-16(19(21)22)13-18(17)20-11-3-2-4-12-20/h5-10,13H,2-4,11-12H2,1H3,(H,21,22). The van der Waals surface area contributed by atoms with E-state index >= 15 is 0 Å². The van der Waals surface area contributed by atoms with Crippen molar-refractivity contribution >= 4 is 11.7 Å². The van der Waals surface area contributed by atoms with Crippen molar-refractivity contribution in [3.63, 3.8) is 0 Å². The van der Waals surface area contributed by atoms with E-state index in [2.05, 4.69) is 36.1 Å². The van der Waals surface area contributed by atoms with Gasteiger partial charge in [-0.2, -0.15) is 0 Å². The molecule has 2 aromatic carbocycles. The van der Waals surface area contributed by atoms with Crippen LogP contribution in [-0.2, 0) is 0 Å². The number of nitrogens with zero attached hydrogens (tertiary/aromatic N) is 1. The lowest BCUT2D eigenvalue weighted by atomic mass is 9.98. The number of hydrogen-bond donors (Lipinski definition) is 1. The van der Waals surface area contributed by atoms with Gasteiger partial charge < -0.3 is 10.0 Å². The van der Waals surface area contributed by atoms with Crippen molar-refractivity contribution in [2.45, 2.75) is 26.2 Å². The number of benzene rings is 2. The van der Waals surface area contributed by atoms with Crippen LogP contribution in [0.25, 0.3) is 11.1 Å². The molecule has 0 bridgehead atoms. The lowest BCUT2D eigenvalue weighted by Crippen LogP contribution is -2.30. The number of aryl methyl sites for hydroxylation is 1. The lowest BCUT2D eigenvalue weighted by molar-refractivity contribution is 0.0697. The van der Waals surface area contributed by atoms with Gasteiger partial charge in [0.05, 0.1) is 5.56 Å². The third-order valence-corrected chi connectivity index (χ3v) is 4.30. The van der Waals surface area contributed by atoms with Crippen molar-refractivity contribution in [3.05, 3.63) is 53.6 Å². The van der Waals surface area contributed by atoms with Crippen LogP contribution in [0.1, 0.15) is 35.2 Å². The van der Waals surface area contributed by atoms with E-state index < -0.39 is 5.97 Å². The van der Waals surface area contributed by atoms with E-state index in [-0.39, 0.29) is 0 Å². The Balaban J connectivity index is 2.07. The quantitative estimate of drug-likeness (QED) is 0.915. The Kier molecular flexibility index (Phi) is 4.14. The molecule has 0 amide bonds. The highest BCUT2D eigenvalue weighted by atomic mass is 16.4. The van der Waals surface area contributed by atoms with E-state index in [1.807, 2.05) is 12.1 Å². The van der Waals surface area contributed by atoms with Crippen molar-refractivity contribution in [3.8, 4) is 11.1 Å². The van der Waals surface area contributed by atoms with Crippen LogP contribution in [0.5, 0.6) is 0 Å². The van der Waals surface area contributed by atoms with Crippen LogP contribution in [0.2, 0.25) is 0 Å². The smallest absolute Gasteiger partial charge is 0.335 e. The summed E-state index contributed by atoms with van der Waals surface area (Å²) < 4.78 is 0. The monoisotopic (exact) mass is 295 g/mol. The topological polar surface area (TPSA) is 40.5 Å². The van der Waals surface area contributed by atoms with Crippen LogP contribution in [0, 0.1) is 6.92 Å². The first-order chi connectivity index (χ1) is 10.6. The molecule has 2 aromatic rings. The van der Waals surface area contributed by atoms with Crippen LogP contribution < -0.4 is 4.90 Å². The summed E-state index contributed by atoms with van der Waals surface area (Å²) in [5.41, 5.74) is 4.89. The fourth-order valence-electron chi connectivity index (χ4n) is 3.04. The summed E-state index contributed by atoms with van der Waals surface area (Å²) in [5, 5.41) is 9.29. The van der Waals surface area contributed by atoms with Crippen LogP contribution in [0.15, 0.2) is 42.5 Å².